The number of nitro groups is 2. The lowest BCUT2D eigenvalue weighted by Gasteiger charge is -2.14. The number of hydrogen-bond acceptors (Lipinski definition) is 9. The highest BCUT2D eigenvalue weighted by Crippen LogP contribution is 2.41. The van der Waals surface area contributed by atoms with E-state index in [9.17, 15) is 50.2 Å². The minimum absolute atomic E-state index is 0.0424. The molecular weight excluding hydrogens is 423 g/mol. The van der Waals surface area contributed by atoms with Crippen molar-refractivity contribution in [2.75, 3.05) is 16.8 Å². The highest BCUT2D eigenvalue weighted by molar-refractivity contribution is 7.92. The molecule has 0 bridgehead atoms. The Bertz CT molecular complexity index is 985. The second kappa shape index (κ2) is 6.59. The molecule has 1 aromatic carbocycles. The molecule has 1 atom stereocenters. The third-order valence-corrected chi connectivity index (χ3v) is 6.89. The van der Waals surface area contributed by atoms with E-state index in [0.717, 1.165) is 0 Å². The summed E-state index contributed by atoms with van der Waals surface area (Å²) in [6, 6.07) is -0.874. The van der Waals surface area contributed by atoms with Crippen LogP contribution in [-0.4, -0.2) is 49.7 Å². The molecule has 1 aliphatic rings. The van der Waals surface area contributed by atoms with Gasteiger partial charge in [0.1, 0.15) is 0 Å². The fourth-order valence-electron chi connectivity index (χ4n) is 2.42. The van der Waals surface area contributed by atoms with Gasteiger partial charge in [-0.05, 0) is 6.42 Å². The summed E-state index contributed by atoms with van der Waals surface area (Å²) in [5.41, 5.74) is -9.29. The van der Waals surface area contributed by atoms with Crippen molar-refractivity contribution in [3.8, 4) is 0 Å². The molecule has 1 aromatic rings. The molecule has 0 aliphatic carbocycles. The minimum Gasteiger partial charge on any atom is -0.370 e. The van der Waals surface area contributed by atoms with Gasteiger partial charge in [0, 0.05) is 18.2 Å². The number of halogens is 3. The van der Waals surface area contributed by atoms with Crippen molar-refractivity contribution in [2.24, 2.45) is 0 Å². The lowest BCUT2D eigenvalue weighted by Crippen LogP contribution is -2.25. The number of nitrogens with zero attached hydrogens (tertiary/aromatic N) is 2. The summed E-state index contributed by atoms with van der Waals surface area (Å²) in [4.78, 5) is 18.1. The van der Waals surface area contributed by atoms with E-state index in [1.165, 1.54) is 0 Å². The first-order chi connectivity index (χ1) is 12.2. The molecule has 2 rings (SSSR count). The molecule has 0 unspecified atom stereocenters. The Kier molecular flexibility index (Phi) is 5.08. The Balaban J connectivity index is 2.67. The molecule has 0 aromatic heterocycles. The smallest absolute Gasteiger partial charge is 0.370 e. The quantitative estimate of drug-likeness (QED) is 0.533. The maximum atomic E-state index is 12.7. The summed E-state index contributed by atoms with van der Waals surface area (Å²) in [5.74, 6) is -0.781. The number of alkyl halides is 3. The third-order valence-electron chi connectivity index (χ3n) is 3.66. The van der Waals surface area contributed by atoms with Gasteiger partial charge in [0.2, 0.25) is 0 Å². The van der Waals surface area contributed by atoms with Gasteiger partial charge < -0.3 is 5.32 Å². The van der Waals surface area contributed by atoms with Crippen molar-refractivity contribution in [3.63, 3.8) is 0 Å². The molecule has 0 spiro atoms. The Morgan fingerprint density at radius 1 is 1.11 bits per heavy atom. The number of rotatable bonds is 5. The summed E-state index contributed by atoms with van der Waals surface area (Å²) in [7, 11) is -9.56. The van der Waals surface area contributed by atoms with Gasteiger partial charge in [0.25, 0.3) is 9.84 Å². The van der Waals surface area contributed by atoms with E-state index in [0.29, 0.717) is 0 Å². The number of sulfone groups is 2. The molecule has 0 amide bonds. The summed E-state index contributed by atoms with van der Waals surface area (Å²) in [5, 5.41) is 24.6. The highest BCUT2D eigenvalue weighted by atomic mass is 32.2. The highest BCUT2D eigenvalue weighted by Gasteiger charge is 2.48. The summed E-state index contributed by atoms with van der Waals surface area (Å²) < 4.78 is 83.9. The van der Waals surface area contributed by atoms with E-state index in [4.69, 9.17) is 0 Å². The Morgan fingerprint density at radius 3 is 1.93 bits per heavy atom. The van der Waals surface area contributed by atoms with E-state index in [-0.39, 0.29) is 24.3 Å². The van der Waals surface area contributed by atoms with Crippen LogP contribution in [0.1, 0.15) is 6.42 Å². The first-order valence-corrected chi connectivity index (χ1v) is 10.2. The molecule has 1 aliphatic heterocycles. The van der Waals surface area contributed by atoms with Crippen LogP contribution in [0.5, 0.6) is 0 Å². The van der Waals surface area contributed by atoms with Gasteiger partial charge in [-0.25, -0.2) is 16.8 Å². The van der Waals surface area contributed by atoms with Gasteiger partial charge in [-0.1, -0.05) is 0 Å². The first-order valence-electron chi connectivity index (χ1n) is 6.91. The molecule has 1 fully saturated rings. The summed E-state index contributed by atoms with van der Waals surface area (Å²) >= 11 is 0. The fourth-order valence-corrected chi connectivity index (χ4v) is 4.90. The second-order valence-electron chi connectivity index (χ2n) is 5.54. The maximum absolute atomic E-state index is 12.7. The summed E-state index contributed by atoms with van der Waals surface area (Å²) in [6.45, 7) is 0. The van der Waals surface area contributed by atoms with E-state index in [2.05, 4.69) is 5.32 Å². The van der Waals surface area contributed by atoms with Crippen LogP contribution in [0.15, 0.2) is 17.0 Å². The molecule has 150 valence electrons. The molecule has 0 saturated carbocycles. The Hall–Kier alpha value is -2.49. The molecule has 0 radical (unpaired) electrons. The largest absolute Gasteiger partial charge is 0.501 e. The summed E-state index contributed by atoms with van der Waals surface area (Å²) in [6.07, 6.45) is -0.0424. The topological polar surface area (TPSA) is 167 Å². The van der Waals surface area contributed by atoms with Crippen LogP contribution < -0.4 is 5.32 Å². The van der Waals surface area contributed by atoms with Crippen molar-refractivity contribution in [3.05, 3.63) is 32.4 Å². The Labute approximate surface area is 149 Å². The molecular formula is C11H10F3N3O8S2. The SMILES string of the molecule is O=[N+]([O-])c1cc(S(=O)(=O)C(F)(F)F)cc([N+](=O)[O-])c1N[C@@H]1CCS(=O)(=O)C1. The van der Waals surface area contributed by atoms with Crippen LogP contribution in [-0.2, 0) is 19.7 Å². The van der Waals surface area contributed by atoms with E-state index in [1.54, 1.807) is 0 Å². The number of nitro benzene ring substituents is 2. The number of hydrogen-bond donors (Lipinski definition) is 1. The lowest BCUT2D eigenvalue weighted by molar-refractivity contribution is -0.392. The van der Waals surface area contributed by atoms with Crippen molar-refractivity contribution in [1.82, 2.24) is 0 Å². The van der Waals surface area contributed by atoms with Gasteiger partial charge in [-0.3, -0.25) is 20.2 Å². The van der Waals surface area contributed by atoms with Crippen molar-refractivity contribution < 1.29 is 39.9 Å². The van der Waals surface area contributed by atoms with Gasteiger partial charge in [0.15, 0.2) is 15.5 Å². The first kappa shape index (κ1) is 20.8. The van der Waals surface area contributed by atoms with Gasteiger partial charge in [-0.2, -0.15) is 13.2 Å². The average Bonchev–Trinajstić information content (AvgIpc) is 2.84. The normalized spacial score (nSPS) is 19.6. The van der Waals surface area contributed by atoms with Gasteiger partial charge in [0.05, 0.1) is 26.2 Å². The van der Waals surface area contributed by atoms with Crippen LogP contribution in [0.4, 0.5) is 30.2 Å². The van der Waals surface area contributed by atoms with Crippen LogP contribution in [0.25, 0.3) is 0 Å². The average molecular weight is 433 g/mol. The zero-order chi connectivity index (χ0) is 20.8. The molecule has 1 heterocycles. The molecule has 27 heavy (non-hydrogen) atoms. The van der Waals surface area contributed by atoms with Crippen molar-refractivity contribution in [2.45, 2.75) is 22.9 Å². The number of anilines is 1. The van der Waals surface area contributed by atoms with E-state index >= 15 is 0 Å². The third kappa shape index (κ3) is 4.10. The van der Waals surface area contributed by atoms with Crippen molar-refractivity contribution in [1.29, 1.82) is 0 Å². The van der Waals surface area contributed by atoms with E-state index < -0.39 is 68.8 Å². The minimum atomic E-state index is -6.08. The number of benzene rings is 1. The Morgan fingerprint density at radius 2 is 1.59 bits per heavy atom. The zero-order valence-electron chi connectivity index (χ0n) is 13.0. The zero-order valence-corrected chi connectivity index (χ0v) is 14.6. The van der Waals surface area contributed by atoms with Gasteiger partial charge in [-0.15, -0.1) is 0 Å². The molecule has 1 saturated heterocycles. The van der Waals surface area contributed by atoms with Crippen LogP contribution >= 0.6 is 0 Å². The maximum Gasteiger partial charge on any atom is 0.501 e. The van der Waals surface area contributed by atoms with E-state index in [1.807, 2.05) is 0 Å². The fraction of sp³-hybridized carbons (Fsp3) is 0.455. The van der Waals surface area contributed by atoms with Crippen LogP contribution in [0.3, 0.4) is 0 Å². The number of nitrogens with one attached hydrogen (secondary N) is 1. The molecule has 16 heteroatoms. The molecule has 1 N–H and O–H groups in total. The van der Waals surface area contributed by atoms with Crippen molar-refractivity contribution >= 4 is 36.7 Å². The lowest BCUT2D eigenvalue weighted by atomic mass is 10.2. The van der Waals surface area contributed by atoms with Gasteiger partial charge >= 0.3 is 16.9 Å². The molecule has 11 nitrogen and oxygen atoms in total. The van der Waals surface area contributed by atoms with Crippen LogP contribution in [0.2, 0.25) is 0 Å². The predicted molar refractivity (Wildman–Crippen MR) is 83.7 cm³/mol. The predicted octanol–water partition coefficient (Wildman–Crippen LogP) is 1.40. The second-order valence-corrected chi connectivity index (χ2v) is 9.71. The standard InChI is InChI=1S/C11H10F3N3O8S2/c12-11(13,14)27(24,25)7-3-8(16(18)19)10(9(4-7)17(20)21)15-6-1-2-26(22,23)5-6/h3-4,6,15H,1-2,5H2/t6-/m1/s1. The monoisotopic (exact) mass is 433 g/mol. The van der Waals surface area contributed by atoms with Crippen LogP contribution in [0, 0.1) is 20.2 Å².